The Morgan fingerprint density at radius 2 is 1.79 bits per heavy atom. The molecule has 0 atom stereocenters. The van der Waals surface area contributed by atoms with E-state index in [4.69, 9.17) is 34.8 Å². The summed E-state index contributed by atoms with van der Waals surface area (Å²) in [7, 11) is 0. The molecule has 1 N–H and O–H groups in total. The number of halogens is 3. The Kier molecular flexibility index (Phi) is 3.17. The maximum Gasteiger partial charge on any atom is 0.140 e. The Morgan fingerprint density at radius 3 is 2.58 bits per heavy atom. The number of imidazole rings is 1. The van der Waals surface area contributed by atoms with Gasteiger partial charge in [0.25, 0.3) is 0 Å². The third-order valence-electron chi connectivity index (χ3n) is 2.95. The zero-order valence-corrected chi connectivity index (χ0v) is 12.2. The van der Waals surface area contributed by atoms with Gasteiger partial charge in [-0.05, 0) is 42.8 Å². The quantitative estimate of drug-likeness (QED) is 0.631. The van der Waals surface area contributed by atoms with Crippen molar-refractivity contribution in [3.63, 3.8) is 0 Å². The van der Waals surface area contributed by atoms with E-state index >= 15 is 0 Å². The monoisotopic (exact) mass is 310 g/mol. The van der Waals surface area contributed by atoms with Gasteiger partial charge in [-0.3, -0.25) is 0 Å². The summed E-state index contributed by atoms with van der Waals surface area (Å²) < 4.78 is 0. The van der Waals surface area contributed by atoms with Crippen molar-refractivity contribution >= 4 is 45.8 Å². The van der Waals surface area contributed by atoms with Crippen LogP contribution in [0, 0.1) is 6.92 Å². The number of aromatic nitrogens is 2. The molecule has 2 nitrogen and oxygen atoms in total. The van der Waals surface area contributed by atoms with E-state index in [-0.39, 0.29) is 0 Å². The molecule has 0 unspecified atom stereocenters. The largest absolute Gasteiger partial charge is 0.338 e. The molecule has 1 aromatic heterocycles. The molecule has 3 aromatic rings. The van der Waals surface area contributed by atoms with Crippen LogP contribution in [0.1, 0.15) is 5.56 Å². The summed E-state index contributed by atoms with van der Waals surface area (Å²) >= 11 is 18.3. The third kappa shape index (κ3) is 2.32. The lowest BCUT2D eigenvalue weighted by molar-refractivity contribution is 1.34. The highest BCUT2D eigenvalue weighted by Crippen LogP contribution is 2.31. The van der Waals surface area contributed by atoms with Gasteiger partial charge in [0, 0.05) is 15.6 Å². The Hall–Kier alpha value is -1.22. The maximum atomic E-state index is 6.18. The lowest BCUT2D eigenvalue weighted by Crippen LogP contribution is -1.82. The van der Waals surface area contributed by atoms with Crippen molar-refractivity contribution in [2.75, 3.05) is 0 Å². The van der Waals surface area contributed by atoms with Crippen molar-refractivity contribution in [1.29, 1.82) is 0 Å². The summed E-state index contributed by atoms with van der Waals surface area (Å²) in [6.07, 6.45) is 0. The fraction of sp³-hybridized carbons (Fsp3) is 0.0714. The number of H-pyrrole nitrogens is 1. The average Bonchev–Trinajstić information content (AvgIpc) is 2.75. The molecule has 5 heteroatoms. The van der Waals surface area contributed by atoms with Gasteiger partial charge >= 0.3 is 0 Å². The summed E-state index contributed by atoms with van der Waals surface area (Å²) in [4.78, 5) is 7.74. The summed E-state index contributed by atoms with van der Waals surface area (Å²) in [5, 5.41) is 1.92. The fourth-order valence-corrected chi connectivity index (χ4v) is 2.48. The van der Waals surface area contributed by atoms with Crippen LogP contribution in [0.15, 0.2) is 30.3 Å². The first-order valence-corrected chi connectivity index (χ1v) is 6.79. The van der Waals surface area contributed by atoms with Crippen molar-refractivity contribution in [1.82, 2.24) is 9.97 Å². The zero-order valence-electron chi connectivity index (χ0n) is 9.97. The molecule has 0 fully saturated rings. The molecular weight excluding hydrogens is 303 g/mol. The average molecular weight is 312 g/mol. The van der Waals surface area contributed by atoms with Crippen LogP contribution in [0.5, 0.6) is 0 Å². The van der Waals surface area contributed by atoms with Gasteiger partial charge in [0.2, 0.25) is 0 Å². The first kappa shape index (κ1) is 12.8. The molecule has 0 spiro atoms. The second-order valence-corrected chi connectivity index (χ2v) is 5.58. The van der Waals surface area contributed by atoms with Gasteiger partial charge < -0.3 is 4.98 Å². The number of aromatic amines is 1. The van der Waals surface area contributed by atoms with Crippen molar-refractivity contribution in [2.24, 2.45) is 0 Å². The number of rotatable bonds is 1. The van der Waals surface area contributed by atoms with Gasteiger partial charge in [-0.15, -0.1) is 0 Å². The van der Waals surface area contributed by atoms with Gasteiger partial charge in [-0.25, -0.2) is 4.98 Å². The molecule has 0 aliphatic heterocycles. The summed E-state index contributed by atoms with van der Waals surface area (Å²) in [6, 6.07) is 9.09. The van der Waals surface area contributed by atoms with Crippen molar-refractivity contribution in [3.8, 4) is 11.4 Å². The second-order valence-electron chi connectivity index (χ2n) is 4.33. The number of fused-ring (bicyclic) bond motifs is 1. The van der Waals surface area contributed by atoms with Crippen molar-refractivity contribution in [3.05, 3.63) is 51.0 Å². The van der Waals surface area contributed by atoms with Crippen LogP contribution >= 0.6 is 34.8 Å². The molecule has 0 saturated carbocycles. The number of hydrogen-bond acceptors (Lipinski definition) is 1. The van der Waals surface area contributed by atoms with E-state index in [9.17, 15) is 0 Å². The highest BCUT2D eigenvalue weighted by atomic mass is 35.5. The predicted octanol–water partition coefficient (Wildman–Crippen LogP) is 5.50. The van der Waals surface area contributed by atoms with E-state index in [2.05, 4.69) is 9.97 Å². The first-order chi connectivity index (χ1) is 9.04. The molecule has 0 radical (unpaired) electrons. The van der Waals surface area contributed by atoms with Gasteiger partial charge in [0.1, 0.15) is 5.82 Å². The predicted molar refractivity (Wildman–Crippen MR) is 81.3 cm³/mol. The van der Waals surface area contributed by atoms with E-state index in [0.717, 1.165) is 22.2 Å². The Bertz CT molecular complexity index is 739. The van der Waals surface area contributed by atoms with Crippen molar-refractivity contribution < 1.29 is 0 Å². The minimum absolute atomic E-state index is 0.603. The summed E-state index contributed by atoms with van der Waals surface area (Å²) in [6.45, 7) is 1.95. The maximum absolute atomic E-state index is 6.18. The molecule has 0 amide bonds. The molecule has 19 heavy (non-hydrogen) atoms. The lowest BCUT2D eigenvalue weighted by Gasteiger charge is -2.00. The minimum Gasteiger partial charge on any atom is -0.338 e. The topological polar surface area (TPSA) is 28.7 Å². The van der Waals surface area contributed by atoms with E-state index in [0.29, 0.717) is 20.9 Å². The Morgan fingerprint density at radius 1 is 1.00 bits per heavy atom. The highest BCUT2D eigenvalue weighted by molar-refractivity contribution is 6.35. The fourth-order valence-electron chi connectivity index (χ4n) is 1.95. The first-order valence-electron chi connectivity index (χ1n) is 5.66. The standard InChI is InChI=1S/C14H9Cl3N2/c1-7-4-12-13(6-11(7)17)19-14(18-12)9-5-8(15)2-3-10(9)16/h2-6H,1H3,(H,18,19). The van der Waals surface area contributed by atoms with E-state index < -0.39 is 0 Å². The highest BCUT2D eigenvalue weighted by Gasteiger charge is 2.10. The number of aryl methyl sites for hydroxylation is 1. The van der Waals surface area contributed by atoms with E-state index in [1.54, 1.807) is 18.2 Å². The molecular formula is C14H9Cl3N2. The Labute approximate surface area is 125 Å². The molecule has 0 aliphatic carbocycles. The number of benzene rings is 2. The van der Waals surface area contributed by atoms with Gasteiger partial charge in [0.05, 0.1) is 16.1 Å². The van der Waals surface area contributed by atoms with Crippen LogP contribution in [0.4, 0.5) is 0 Å². The van der Waals surface area contributed by atoms with Crippen LogP contribution in [-0.2, 0) is 0 Å². The molecule has 0 aliphatic rings. The second kappa shape index (κ2) is 4.71. The van der Waals surface area contributed by atoms with Gasteiger partial charge in [0.15, 0.2) is 0 Å². The molecule has 3 rings (SSSR count). The van der Waals surface area contributed by atoms with Crippen molar-refractivity contribution in [2.45, 2.75) is 6.92 Å². The molecule has 1 heterocycles. The smallest absolute Gasteiger partial charge is 0.140 e. The van der Waals surface area contributed by atoms with Crippen LogP contribution in [-0.4, -0.2) is 9.97 Å². The molecule has 2 aromatic carbocycles. The minimum atomic E-state index is 0.603. The zero-order chi connectivity index (χ0) is 13.6. The number of nitrogens with zero attached hydrogens (tertiary/aromatic N) is 1. The normalized spacial score (nSPS) is 11.2. The number of hydrogen-bond donors (Lipinski definition) is 1. The van der Waals surface area contributed by atoms with E-state index in [1.807, 2.05) is 19.1 Å². The van der Waals surface area contributed by atoms with Crippen LogP contribution in [0.2, 0.25) is 15.1 Å². The SMILES string of the molecule is Cc1cc2[nH]c(-c3cc(Cl)ccc3Cl)nc2cc1Cl. The number of nitrogens with one attached hydrogen (secondary N) is 1. The van der Waals surface area contributed by atoms with Crippen LogP contribution < -0.4 is 0 Å². The molecule has 96 valence electrons. The summed E-state index contributed by atoms with van der Waals surface area (Å²) in [5.74, 6) is 0.684. The van der Waals surface area contributed by atoms with Gasteiger partial charge in [-0.2, -0.15) is 0 Å². The summed E-state index contributed by atoms with van der Waals surface area (Å²) in [5.41, 5.74) is 3.51. The van der Waals surface area contributed by atoms with Crippen LogP contribution in [0.3, 0.4) is 0 Å². The lowest BCUT2D eigenvalue weighted by atomic mass is 10.2. The third-order valence-corrected chi connectivity index (χ3v) is 3.92. The Balaban J connectivity index is 2.23. The van der Waals surface area contributed by atoms with Crippen LogP contribution in [0.25, 0.3) is 22.4 Å². The van der Waals surface area contributed by atoms with E-state index in [1.165, 1.54) is 0 Å². The van der Waals surface area contributed by atoms with Gasteiger partial charge in [-0.1, -0.05) is 34.8 Å². The molecule has 0 saturated heterocycles. The molecule has 0 bridgehead atoms.